The summed E-state index contributed by atoms with van der Waals surface area (Å²) in [7, 11) is 0. The molecule has 120 valence electrons. The first-order chi connectivity index (χ1) is 9.72. The van der Waals surface area contributed by atoms with Crippen molar-refractivity contribution < 1.29 is 14.4 Å². The van der Waals surface area contributed by atoms with Crippen LogP contribution in [0.2, 0.25) is 0 Å². The molecule has 0 saturated carbocycles. The quantitative estimate of drug-likeness (QED) is 0.605. The summed E-state index contributed by atoms with van der Waals surface area (Å²) in [6.07, 6.45) is 3.39. The fraction of sp³-hybridized carbons (Fsp3) is 0.688. The van der Waals surface area contributed by atoms with Gasteiger partial charge >= 0.3 is 6.03 Å². The molecule has 0 aliphatic carbocycles. The topological polar surface area (TPSA) is 75.3 Å². The first kappa shape index (κ1) is 19.4. The molecule has 1 aliphatic heterocycles. The monoisotopic (exact) mass is 296 g/mol. The van der Waals surface area contributed by atoms with Crippen molar-refractivity contribution in [2.75, 3.05) is 0 Å². The van der Waals surface area contributed by atoms with Crippen molar-refractivity contribution in [1.29, 1.82) is 0 Å². The van der Waals surface area contributed by atoms with Crippen molar-refractivity contribution in [3.8, 4) is 0 Å². The van der Waals surface area contributed by atoms with Crippen LogP contribution in [0.4, 0.5) is 4.79 Å². The van der Waals surface area contributed by atoms with Crippen LogP contribution in [-0.2, 0) is 9.59 Å². The van der Waals surface area contributed by atoms with Gasteiger partial charge in [0.05, 0.1) is 0 Å². The van der Waals surface area contributed by atoms with Crippen molar-refractivity contribution in [2.45, 2.75) is 53.9 Å². The van der Waals surface area contributed by atoms with Crippen LogP contribution >= 0.6 is 0 Å². The Labute approximate surface area is 127 Å². The van der Waals surface area contributed by atoms with E-state index >= 15 is 0 Å². The summed E-state index contributed by atoms with van der Waals surface area (Å²) in [5.41, 5.74) is -1.20. The summed E-state index contributed by atoms with van der Waals surface area (Å²) in [5, 5.41) is 4.33. The van der Waals surface area contributed by atoms with Crippen LogP contribution in [0.3, 0.4) is 0 Å². The standard InChI is InChI=1S/C12H18N2O3.C4H10/c1-4-6-8(3)12(7-5-2)9(15)13-11(17)14-10(12)16;1-4(2)3/h5,8H,2,4,6-7H2,1,3H3,(H2,13,14,15,16,17);4H,1-3H3/t8-;/m1./s1. The number of hydrogen-bond donors (Lipinski definition) is 2. The highest BCUT2D eigenvalue weighted by molar-refractivity contribution is 6.19. The number of amides is 4. The molecule has 1 atom stereocenters. The highest BCUT2D eigenvalue weighted by atomic mass is 16.2. The van der Waals surface area contributed by atoms with Crippen LogP contribution in [0.1, 0.15) is 53.9 Å². The maximum Gasteiger partial charge on any atom is 0.328 e. The first-order valence-corrected chi connectivity index (χ1v) is 7.50. The molecule has 5 heteroatoms. The molecule has 0 radical (unpaired) electrons. The molecule has 1 rings (SSSR count). The summed E-state index contributed by atoms with van der Waals surface area (Å²) in [4.78, 5) is 35.1. The van der Waals surface area contributed by atoms with E-state index in [4.69, 9.17) is 0 Å². The first-order valence-electron chi connectivity index (χ1n) is 7.50. The van der Waals surface area contributed by atoms with E-state index in [9.17, 15) is 14.4 Å². The summed E-state index contributed by atoms with van der Waals surface area (Å²) < 4.78 is 0. The molecule has 0 aromatic heterocycles. The fourth-order valence-electron chi connectivity index (χ4n) is 2.30. The molecule has 0 spiro atoms. The van der Waals surface area contributed by atoms with Gasteiger partial charge in [0.25, 0.3) is 0 Å². The highest BCUT2D eigenvalue weighted by Gasteiger charge is 2.52. The van der Waals surface area contributed by atoms with Gasteiger partial charge in [0.15, 0.2) is 0 Å². The molecule has 4 amide bonds. The Morgan fingerprint density at radius 2 is 1.52 bits per heavy atom. The zero-order valence-corrected chi connectivity index (χ0v) is 13.8. The smallest absolute Gasteiger partial charge is 0.277 e. The van der Waals surface area contributed by atoms with E-state index in [2.05, 4.69) is 38.0 Å². The van der Waals surface area contributed by atoms with Crippen LogP contribution < -0.4 is 10.6 Å². The Morgan fingerprint density at radius 1 is 1.10 bits per heavy atom. The number of hydrogen-bond acceptors (Lipinski definition) is 3. The number of imide groups is 2. The number of carbonyl (C=O) groups excluding carboxylic acids is 3. The molecule has 1 saturated heterocycles. The van der Waals surface area contributed by atoms with Crippen molar-refractivity contribution in [3.05, 3.63) is 12.7 Å². The van der Waals surface area contributed by atoms with Gasteiger partial charge in [0, 0.05) is 0 Å². The average molecular weight is 296 g/mol. The number of allylic oxidation sites excluding steroid dienone is 1. The third-order valence-corrected chi connectivity index (χ3v) is 3.29. The molecule has 21 heavy (non-hydrogen) atoms. The predicted octanol–water partition coefficient (Wildman–Crippen LogP) is 3.01. The van der Waals surface area contributed by atoms with Crippen molar-refractivity contribution >= 4 is 17.8 Å². The molecular weight excluding hydrogens is 268 g/mol. The fourth-order valence-corrected chi connectivity index (χ4v) is 2.30. The van der Waals surface area contributed by atoms with Gasteiger partial charge in [-0.1, -0.05) is 47.1 Å². The molecule has 1 fully saturated rings. The van der Waals surface area contributed by atoms with Gasteiger partial charge in [-0.2, -0.15) is 0 Å². The minimum Gasteiger partial charge on any atom is -0.277 e. The number of urea groups is 1. The van der Waals surface area contributed by atoms with Gasteiger partial charge < -0.3 is 0 Å². The zero-order valence-electron chi connectivity index (χ0n) is 13.8. The predicted molar refractivity (Wildman–Crippen MR) is 83.5 cm³/mol. The van der Waals surface area contributed by atoms with Crippen molar-refractivity contribution in [2.24, 2.45) is 17.3 Å². The van der Waals surface area contributed by atoms with Gasteiger partial charge in [0.2, 0.25) is 11.8 Å². The number of rotatable bonds is 5. The molecule has 1 heterocycles. The van der Waals surface area contributed by atoms with E-state index in [0.29, 0.717) is 0 Å². The Hall–Kier alpha value is -1.65. The lowest BCUT2D eigenvalue weighted by molar-refractivity contribution is -0.148. The van der Waals surface area contributed by atoms with E-state index in [1.165, 1.54) is 0 Å². The van der Waals surface area contributed by atoms with Crippen LogP contribution in [0.25, 0.3) is 0 Å². The molecule has 1 aliphatic rings. The minimum atomic E-state index is -1.20. The van der Waals surface area contributed by atoms with E-state index in [1.807, 2.05) is 13.8 Å². The molecular formula is C16H28N2O3. The summed E-state index contributed by atoms with van der Waals surface area (Å²) >= 11 is 0. The summed E-state index contributed by atoms with van der Waals surface area (Å²) in [5.74, 6) is -0.349. The van der Waals surface area contributed by atoms with E-state index in [0.717, 1.165) is 18.8 Å². The lowest BCUT2D eigenvalue weighted by Gasteiger charge is -2.37. The van der Waals surface area contributed by atoms with Gasteiger partial charge in [-0.05, 0) is 24.7 Å². The molecule has 2 N–H and O–H groups in total. The summed E-state index contributed by atoms with van der Waals surface area (Å²) in [6, 6.07) is -0.747. The average Bonchev–Trinajstić information content (AvgIpc) is 2.33. The van der Waals surface area contributed by atoms with Crippen LogP contribution in [0, 0.1) is 17.3 Å². The normalized spacial score (nSPS) is 18.3. The lowest BCUT2D eigenvalue weighted by atomic mass is 9.69. The van der Waals surface area contributed by atoms with Crippen LogP contribution in [0.5, 0.6) is 0 Å². The van der Waals surface area contributed by atoms with Gasteiger partial charge in [-0.25, -0.2) is 4.79 Å². The number of carbonyl (C=O) groups is 3. The molecule has 0 aromatic rings. The second kappa shape index (κ2) is 8.60. The Kier molecular flexibility index (Phi) is 7.92. The van der Waals surface area contributed by atoms with Crippen LogP contribution in [-0.4, -0.2) is 17.8 Å². The second-order valence-corrected chi connectivity index (χ2v) is 6.12. The Bertz CT molecular complexity index is 380. The zero-order chi connectivity index (χ0) is 16.6. The molecule has 5 nitrogen and oxygen atoms in total. The third kappa shape index (κ3) is 4.99. The van der Waals surface area contributed by atoms with Gasteiger partial charge in [-0.15, -0.1) is 6.58 Å². The molecule has 0 unspecified atom stereocenters. The largest absolute Gasteiger partial charge is 0.328 e. The summed E-state index contributed by atoms with van der Waals surface area (Å²) in [6.45, 7) is 13.9. The number of barbiturate groups is 1. The number of nitrogens with one attached hydrogen (secondary N) is 2. The van der Waals surface area contributed by atoms with Crippen molar-refractivity contribution in [1.82, 2.24) is 10.6 Å². The maximum absolute atomic E-state index is 12.0. The minimum absolute atomic E-state index is 0.140. The van der Waals surface area contributed by atoms with E-state index < -0.39 is 23.3 Å². The Balaban J connectivity index is 0.000000885. The van der Waals surface area contributed by atoms with Crippen molar-refractivity contribution in [3.63, 3.8) is 0 Å². The van der Waals surface area contributed by atoms with E-state index in [-0.39, 0.29) is 12.3 Å². The SMILES string of the molecule is C=CCC1([C@H](C)CCC)C(=O)NC(=O)NC1=O.CC(C)C. The van der Waals surface area contributed by atoms with Crippen LogP contribution in [0.15, 0.2) is 12.7 Å². The Morgan fingerprint density at radius 3 is 1.86 bits per heavy atom. The molecule has 0 aromatic carbocycles. The third-order valence-electron chi connectivity index (χ3n) is 3.29. The second-order valence-electron chi connectivity index (χ2n) is 6.12. The van der Waals surface area contributed by atoms with Gasteiger partial charge in [-0.3, -0.25) is 20.2 Å². The lowest BCUT2D eigenvalue weighted by Crippen LogP contribution is -2.64. The van der Waals surface area contributed by atoms with E-state index in [1.54, 1.807) is 6.08 Å². The highest BCUT2D eigenvalue weighted by Crippen LogP contribution is 2.37. The van der Waals surface area contributed by atoms with Gasteiger partial charge in [0.1, 0.15) is 5.41 Å². The molecule has 0 bridgehead atoms. The maximum atomic E-state index is 12.0.